The van der Waals surface area contributed by atoms with E-state index in [4.69, 9.17) is 16.3 Å². The Morgan fingerprint density at radius 1 is 0.939 bits per heavy atom. The van der Waals surface area contributed by atoms with Crippen LogP contribution >= 0.6 is 11.6 Å². The van der Waals surface area contributed by atoms with Crippen molar-refractivity contribution < 1.29 is 14.3 Å². The predicted molar refractivity (Wildman–Crippen MR) is 131 cm³/mol. The molecule has 0 saturated carbocycles. The van der Waals surface area contributed by atoms with Gasteiger partial charge in [-0.3, -0.25) is 9.59 Å². The maximum Gasteiger partial charge on any atom is 0.243 e. The molecule has 0 saturated heterocycles. The number of nitrogens with zero attached hydrogens (tertiary/aromatic N) is 1. The number of carbonyl (C=O) groups excluding carboxylic acids is 2. The van der Waals surface area contributed by atoms with E-state index in [9.17, 15) is 9.59 Å². The number of likely N-dealkylation sites (N-methyl/N-ethyl adjacent to an activating group) is 1. The highest BCUT2D eigenvalue weighted by molar-refractivity contribution is 6.31. The number of carbonyl (C=O) groups is 2. The Hall–Kier alpha value is -3.31. The first-order chi connectivity index (χ1) is 16.0. The van der Waals surface area contributed by atoms with Gasteiger partial charge in [0, 0.05) is 24.5 Å². The number of hydrogen-bond acceptors (Lipinski definition) is 3. The number of benzene rings is 3. The highest BCUT2D eigenvalue weighted by Gasteiger charge is 2.30. The maximum atomic E-state index is 13.6. The Labute approximate surface area is 200 Å². The number of rotatable bonds is 10. The average molecular weight is 465 g/mol. The van der Waals surface area contributed by atoms with E-state index in [0.717, 1.165) is 22.4 Å². The lowest BCUT2D eigenvalue weighted by Crippen LogP contribution is -2.51. The van der Waals surface area contributed by atoms with E-state index in [1.165, 1.54) is 0 Å². The molecular formula is C27H29ClN2O3. The van der Waals surface area contributed by atoms with Gasteiger partial charge in [0.15, 0.2) is 0 Å². The summed E-state index contributed by atoms with van der Waals surface area (Å²) in [7, 11) is 1.60. The number of nitrogens with one attached hydrogen (secondary N) is 1. The molecule has 2 amide bonds. The van der Waals surface area contributed by atoms with Gasteiger partial charge < -0.3 is 15.0 Å². The van der Waals surface area contributed by atoms with Crippen LogP contribution in [0.25, 0.3) is 0 Å². The summed E-state index contributed by atoms with van der Waals surface area (Å²) in [5.41, 5.74) is 2.62. The van der Waals surface area contributed by atoms with Gasteiger partial charge >= 0.3 is 0 Å². The number of halogens is 1. The summed E-state index contributed by atoms with van der Waals surface area (Å²) in [6.45, 7) is 2.59. The molecule has 1 atom stereocenters. The monoisotopic (exact) mass is 464 g/mol. The summed E-state index contributed by atoms with van der Waals surface area (Å²) in [6.07, 6.45) is 0.574. The van der Waals surface area contributed by atoms with Gasteiger partial charge in [0.25, 0.3) is 0 Å². The third-order valence-corrected chi connectivity index (χ3v) is 5.80. The van der Waals surface area contributed by atoms with Gasteiger partial charge in [-0.2, -0.15) is 0 Å². The Balaban J connectivity index is 1.94. The van der Waals surface area contributed by atoms with Crippen molar-refractivity contribution in [3.8, 4) is 5.75 Å². The molecule has 1 unspecified atom stereocenters. The van der Waals surface area contributed by atoms with Gasteiger partial charge in [0.05, 0.1) is 13.5 Å². The topological polar surface area (TPSA) is 58.6 Å². The van der Waals surface area contributed by atoms with E-state index in [-0.39, 0.29) is 24.8 Å². The first kappa shape index (κ1) is 24.3. The van der Waals surface area contributed by atoms with Crippen LogP contribution in [-0.4, -0.2) is 36.4 Å². The Bertz CT molecular complexity index is 1050. The molecule has 0 aromatic heterocycles. The highest BCUT2D eigenvalue weighted by atomic mass is 35.5. The van der Waals surface area contributed by atoms with Gasteiger partial charge in [-0.1, -0.05) is 72.3 Å². The third-order valence-electron chi connectivity index (χ3n) is 5.44. The van der Waals surface area contributed by atoms with E-state index in [1.54, 1.807) is 18.1 Å². The van der Waals surface area contributed by atoms with E-state index >= 15 is 0 Å². The minimum Gasteiger partial charge on any atom is -0.497 e. The van der Waals surface area contributed by atoms with Gasteiger partial charge in [-0.25, -0.2) is 0 Å². The van der Waals surface area contributed by atoms with Crippen molar-refractivity contribution in [1.29, 1.82) is 0 Å². The molecule has 3 aromatic carbocycles. The van der Waals surface area contributed by atoms with Gasteiger partial charge in [-0.05, 0) is 41.8 Å². The predicted octanol–water partition coefficient (Wildman–Crippen LogP) is 4.67. The molecule has 0 aliphatic heterocycles. The number of methoxy groups -OCH3 is 1. The molecule has 0 bridgehead atoms. The molecule has 0 aliphatic rings. The summed E-state index contributed by atoms with van der Waals surface area (Å²) in [4.78, 5) is 28.4. The summed E-state index contributed by atoms with van der Waals surface area (Å²) >= 11 is 6.42. The summed E-state index contributed by atoms with van der Waals surface area (Å²) in [5, 5.41) is 3.46. The quantitative estimate of drug-likeness (QED) is 0.474. The normalized spacial score (nSPS) is 11.5. The fourth-order valence-electron chi connectivity index (χ4n) is 3.68. The first-order valence-electron chi connectivity index (χ1n) is 11.0. The summed E-state index contributed by atoms with van der Waals surface area (Å²) in [6, 6.07) is 23.8. The second-order valence-electron chi connectivity index (χ2n) is 7.74. The molecule has 0 spiro atoms. The zero-order valence-corrected chi connectivity index (χ0v) is 19.7. The first-order valence-corrected chi connectivity index (χ1v) is 11.4. The lowest BCUT2D eigenvalue weighted by molar-refractivity contribution is -0.140. The molecule has 33 heavy (non-hydrogen) atoms. The minimum absolute atomic E-state index is 0.146. The second kappa shape index (κ2) is 12.1. The Morgan fingerprint density at radius 2 is 1.61 bits per heavy atom. The molecule has 3 rings (SSSR count). The van der Waals surface area contributed by atoms with Crippen molar-refractivity contribution in [1.82, 2.24) is 10.2 Å². The largest absolute Gasteiger partial charge is 0.497 e. The van der Waals surface area contributed by atoms with Crippen molar-refractivity contribution in [3.63, 3.8) is 0 Å². The SMILES string of the molecule is CCNC(=O)C(Cc1ccccc1)N(Cc1ccccc1Cl)C(=O)Cc1ccc(OC)cc1. The van der Waals surface area contributed by atoms with Crippen molar-refractivity contribution >= 4 is 23.4 Å². The molecule has 0 radical (unpaired) electrons. The van der Waals surface area contributed by atoms with E-state index in [0.29, 0.717) is 18.0 Å². The standard InChI is InChI=1S/C27H29ClN2O3/c1-3-29-27(32)25(17-20-9-5-4-6-10-20)30(19-22-11-7-8-12-24(22)28)26(31)18-21-13-15-23(33-2)16-14-21/h4-16,25H,3,17-19H2,1-2H3,(H,29,32). The zero-order chi connectivity index (χ0) is 23.6. The molecule has 3 aromatic rings. The van der Waals surface area contributed by atoms with E-state index in [1.807, 2.05) is 79.7 Å². The van der Waals surface area contributed by atoms with Crippen LogP contribution in [0.2, 0.25) is 5.02 Å². The smallest absolute Gasteiger partial charge is 0.243 e. The highest BCUT2D eigenvalue weighted by Crippen LogP contribution is 2.22. The van der Waals surface area contributed by atoms with Crippen molar-refractivity contribution in [3.05, 3.63) is 101 Å². The minimum atomic E-state index is -0.672. The van der Waals surface area contributed by atoms with Crippen molar-refractivity contribution in [2.75, 3.05) is 13.7 Å². The molecule has 0 heterocycles. The Morgan fingerprint density at radius 3 is 2.24 bits per heavy atom. The van der Waals surface area contributed by atoms with Gasteiger partial charge in [0.1, 0.15) is 11.8 Å². The molecule has 0 aliphatic carbocycles. The molecule has 5 nitrogen and oxygen atoms in total. The number of hydrogen-bond donors (Lipinski definition) is 1. The Kier molecular flexibility index (Phi) is 8.90. The number of ether oxygens (including phenoxy) is 1. The maximum absolute atomic E-state index is 13.6. The third kappa shape index (κ3) is 6.83. The van der Waals surface area contributed by atoms with Crippen LogP contribution in [-0.2, 0) is 29.0 Å². The van der Waals surface area contributed by atoms with E-state index in [2.05, 4.69) is 5.32 Å². The van der Waals surface area contributed by atoms with Crippen LogP contribution < -0.4 is 10.1 Å². The van der Waals surface area contributed by atoms with Crippen LogP contribution in [0.15, 0.2) is 78.9 Å². The zero-order valence-electron chi connectivity index (χ0n) is 19.0. The summed E-state index contributed by atoms with van der Waals surface area (Å²) in [5.74, 6) is 0.396. The average Bonchev–Trinajstić information content (AvgIpc) is 2.83. The molecular weight excluding hydrogens is 436 g/mol. The molecule has 1 N–H and O–H groups in total. The van der Waals surface area contributed by atoms with Crippen molar-refractivity contribution in [2.24, 2.45) is 0 Å². The molecule has 6 heteroatoms. The van der Waals surface area contributed by atoms with Crippen LogP contribution in [0.1, 0.15) is 23.6 Å². The van der Waals surface area contributed by atoms with Crippen LogP contribution in [0, 0.1) is 0 Å². The molecule has 0 fully saturated rings. The number of amides is 2. The fourth-order valence-corrected chi connectivity index (χ4v) is 3.87. The lowest BCUT2D eigenvalue weighted by Gasteiger charge is -2.32. The fraction of sp³-hybridized carbons (Fsp3) is 0.259. The van der Waals surface area contributed by atoms with Gasteiger partial charge in [-0.15, -0.1) is 0 Å². The van der Waals surface area contributed by atoms with Crippen LogP contribution in [0.5, 0.6) is 5.75 Å². The second-order valence-corrected chi connectivity index (χ2v) is 8.15. The summed E-state index contributed by atoms with van der Waals surface area (Å²) < 4.78 is 5.21. The van der Waals surface area contributed by atoms with Gasteiger partial charge in [0.2, 0.25) is 11.8 Å². The molecule has 172 valence electrons. The van der Waals surface area contributed by atoms with Crippen LogP contribution in [0.4, 0.5) is 0 Å². The van der Waals surface area contributed by atoms with Crippen molar-refractivity contribution in [2.45, 2.75) is 32.4 Å². The van der Waals surface area contributed by atoms with Crippen LogP contribution in [0.3, 0.4) is 0 Å². The van der Waals surface area contributed by atoms with E-state index < -0.39 is 6.04 Å². The lowest BCUT2D eigenvalue weighted by atomic mass is 10.0.